The van der Waals surface area contributed by atoms with Gasteiger partial charge < -0.3 is 15.3 Å². The molecule has 2 unspecified atom stereocenters. The number of carboxylic acids is 1. The minimum atomic E-state index is -0.812. The zero-order valence-electron chi connectivity index (χ0n) is 12.8. The molecule has 1 aliphatic carbocycles. The second-order valence-electron chi connectivity index (χ2n) is 6.39. The highest BCUT2D eigenvalue weighted by atomic mass is 16.4. The summed E-state index contributed by atoms with van der Waals surface area (Å²) in [6.45, 7) is 2.90. The van der Waals surface area contributed by atoms with Gasteiger partial charge in [0.1, 0.15) is 0 Å². The number of amides is 2. The van der Waals surface area contributed by atoms with Crippen LogP contribution in [-0.2, 0) is 4.79 Å². The first-order chi connectivity index (χ1) is 10.6. The van der Waals surface area contributed by atoms with E-state index in [1.54, 1.807) is 4.90 Å². The van der Waals surface area contributed by atoms with Crippen LogP contribution in [0.25, 0.3) is 0 Å². The van der Waals surface area contributed by atoms with Crippen LogP contribution in [0.3, 0.4) is 0 Å². The van der Waals surface area contributed by atoms with Crippen LogP contribution >= 0.6 is 0 Å². The van der Waals surface area contributed by atoms with Gasteiger partial charge in [0.05, 0.1) is 12.0 Å². The lowest BCUT2D eigenvalue weighted by Gasteiger charge is -2.24. The third-order valence-electron chi connectivity index (χ3n) is 4.72. The van der Waals surface area contributed by atoms with Crippen molar-refractivity contribution in [1.82, 2.24) is 10.2 Å². The van der Waals surface area contributed by atoms with E-state index in [0.29, 0.717) is 25.4 Å². The normalized spacial score (nSPS) is 22.4. The SMILES string of the molecule is Cc1ccccc1C(NC(=O)N1CCC(C(=O)O)C1)C1CC1. The molecule has 1 aliphatic heterocycles. The van der Waals surface area contributed by atoms with Gasteiger partial charge in [-0.3, -0.25) is 4.79 Å². The number of likely N-dealkylation sites (tertiary alicyclic amines) is 1. The summed E-state index contributed by atoms with van der Waals surface area (Å²) < 4.78 is 0. The summed E-state index contributed by atoms with van der Waals surface area (Å²) in [7, 11) is 0. The van der Waals surface area contributed by atoms with Crippen LogP contribution in [0.1, 0.15) is 36.4 Å². The summed E-state index contributed by atoms with van der Waals surface area (Å²) in [5.41, 5.74) is 2.36. The van der Waals surface area contributed by atoms with Gasteiger partial charge >= 0.3 is 12.0 Å². The fourth-order valence-electron chi connectivity index (χ4n) is 3.19. The van der Waals surface area contributed by atoms with Crippen LogP contribution < -0.4 is 5.32 Å². The molecule has 1 saturated carbocycles. The minimum Gasteiger partial charge on any atom is -0.481 e. The van der Waals surface area contributed by atoms with Gasteiger partial charge in [0.15, 0.2) is 0 Å². The van der Waals surface area contributed by atoms with Crippen molar-refractivity contribution < 1.29 is 14.7 Å². The van der Waals surface area contributed by atoms with Gasteiger partial charge in [0.2, 0.25) is 0 Å². The quantitative estimate of drug-likeness (QED) is 0.898. The van der Waals surface area contributed by atoms with E-state index in [1.165, 1.54) is 11.1 Å². The molecule has 2 amide bonds. The lowest BCUT2D eigenvalue weighted by Crippen LogP contribution is -2.41. The number of hydrogen-bond donors (Lipinski definition) is 2. The number of aryl methyl sites for hydroxylation is 1. The maximum absolute atomic E-state index is 12.5. The summed E-state index contributed by atoms with van der Waals surface area (Å²) in [6.07, 6.45) is 2.81. The molecule has 118 valence electrons. The van der Waals surface area contributed by atoms with Crippen molar-refractivity contribution in [3.63, 3.8) is 0 Å². The third-order valence-corrected chi connectivity index (χ3v) is 4.72. The predicted octanol–water partition coefficient (Wildman–Crippen LogP) is 2.56. The number of carboxylic acid groups (broad SMARTS) is 1. The second-order valence-corrected chi connectivity index (χ2v) is 6.39. The van der Waals surface area contributed by atoms with E-state index in [1.807, 2.05) is 12.1 Å². The monoisotopic (exact) mass is 302 g/mol. The summed E-state index contributed by atoms with van der Waals surface area (Å²) in [5, 5.41) is 12.2. The fraction of sp³-hybridized carbons (Fsp3) is 0.529. The Morgan fingerprint density at radius 2 is 2.00 bits per heavy atom. The molecule has 3 rings (SSSR count). The zero-order chi connectivity index (χ0) is 15.7. The van der Waals surface area contributed by atoms with E-state index in [2.05, 4.69) is 24.4 Å². The minimum absolute atomic E-state index is 0.0394. The van der Waals surface area contributed by atoms with E-state index in [9.17, 15) is 9.59 Å². The molecule has 5 heteroatoms. The number of carbonyl (C=O) groups excluding carboxylic acids is 1. The molecule has 1 aromatic rings. The third kappa shape index (κ3) is 3.08. The molecule has 1 heterocycles. The van der Waals surface area contributed by atoms with Crippen molar-refractivity contribution in [2.75, 3.05) is 13.1 Å². The van der Waals surface area contributed by atoms with Crippen molar-refractivity contribution in [2.24, 2.45) is 11.8 Å². The van der Waals surface area contributed by atoms with Gasteiger partial charge in [-0.15, -0.1) is 0 Å². The Morgan fingerprint density at radius 3 is 2.59 bits per heavy atom. The number of aliphatic carboxylic acids is 1. The molecule has 0 bridgehead atoms. The average molecular weight is 302 g/mol. The Morgan fingerprint density at radius 1 is 1.27 bits per heavy atom. The standard InChI is InChI=1S/C17H22N2O3/c1-11-4-2-3-5-14(11)15(12-6-7-12)18-17(22)19-9-8-13(10-19)16(20)21/h2-5,12-13,15H,6-10H2,1H3,(H,18,22)(H,20,21). The molecule has 2 N–H and O–H groups in total. The van der Waals surface area contributed by atoms with Crippen LogP contribution in [0, 0.1) is 18.8 Å². The van der Waals surface area contributed by atoms with Gasteiger partial charge in [-0.1, -0.05) is 24.3 Å². The first-order valence-corrected chi connectivity index (χ1v) is 7.90. The maximum Gasteiger partial charge on any atom is 0.317 e. The smallest absolute Gasteiger partial charge is 0.317 e. The zero-order valence-corrected chi connectivity index (χ0v) is 12.8. The van der Waals surface area contributed by atoms with E-state index in [-0.39, 0.29) is 12.1 Å². The maximum atomic E-state index is 12.5. The Labute approximate surface area is 130 Å². The summed E-state index contributed by atoms with van der Waals surface area (Å²) in [5.74, 6) is -0.737. The van der Waals surface area contributed by atoms with Gasteiger partial charge in [-0.25, -0.2) is 4.79 Å². The molecular weight excluding hydrogens is 280 g/mol. The molecule has 5 nitrogen and oxygen atoms in total. The highest BCUT2D eigenvalue weighted by Crippen LogP contribution is 2.42. The van der Waals surface area contributed by atoms with Crippen LogP contribution in [0.5, 0.6) is 0 Å². The van der Waals surface area contributed by atoms with Crippen LogP contribution in [0.4, 0.5) is 4.79 Å². The Hall–Kier alpha value is -2.04. The van der Waals surface area contributed by atoms with Crippen molar-refractivity contribution in [1.29, 1.82) is 0 Å². The van der Waals surface area contributed by atoms with Crippen LogP contribution in [-0.4, -0.2) is 35.1 Å². The number of carbonyl (C=O) groups is 2. The predicted molar refractivity (Wildman–Crippen MR) is 82.5 cm³/mol. The summed E-state index contributed by atoms with van der Waals surface area (Å²) in [6, 6.07) is 8.04. The Bertz CT molecular complexity index is 583. The lowest BCUT2D eigenvalue weighted by atomic mass is 9.98. The highest BCUT2D eigenvalue weighted by Gasteiger charge is 2.37. The summed E-state index contributed by atoms with van der Waals surface area (Å²) in [4.78, 5) is 25.1. The van der Waals surface area contributed by atoms with E-state index < -0.39 is 11.9 Å². The van der Waals surface area contributed by atoms with Gasteiger partial charge in [-0.2, -0.15) is 0 Å². The highest BCUT2D eigenvalue weighted by molar-refractivity contribution is 5.77. The van der Waals surface area contributed by atoms with Crippen molar-refractivity contribution in [3.05, 3.63) is 35.4 Å². The fourth-order valence-corrected chi connectivity index (χ4v) is 3.19. The van der Waals surface area contributed by atoms with Gasteiger partial charge in [0.25, 0.3) is 0 Å². The molecule has 1 aromatic carbocycles. The van der Waals surface area contributed by atoms with E-state index in [0.717, 1.165) is 12.8 Å². The average Bonchev–Trinajstić information content (AvgIpc) is 3.20. The number of nitrogens with one attached hydrogen (secondary N) is 1. The molecule has 2 aliphatic rings. The van der Waals surface area contributed by atoms with Crippen LogP contribution in [0.2, 0.25) is 0 Å². The van der Waals surface area contributed by atoms with Crippen molar-refractivity contribution in [2.45, 2.75) is 32.2 Å². The number of benzene rings is 1. The summed E-state index contributed by atoms with van der Waals surface area (Å²) >= 11 is 0. The van der Waals surface area contributed by atoms with Gasteiger partial charge in [0, 0.05) is 13.1 Å². The largest absolute Gasteiger partial charge is 0.481 e. The van der Waals surface area contributed by atoms with E-state index in [4.69, 9.17) is 5.11 Å². The Kier molecular flexibility index (Phi) is 4.05. The number of rotatable bonds is 4. The topological polar surface area (TPSA) is 69.6 Å². The molecule has 0 aromatic heterocycles. The first kappa shape index (κ1) is 14.9. The number of nitrogens with zero attached hydrogens (tertiary/aromatic N) is 1. The molecule has 2 atom stereocenters. The first-order valence-electron chi connectivity index (χ1n) is 7.90. The molecule has 1 saturated heterocycles. The molecule has 2 fully saturated rings. The van der Waals surface area contributed by atoms with Crippen LogP contribution in [0.15, 0.2) is 24.3 Å². The second kappa shape index (κ2) is 5.99. The number of urea groups is 1. The van der Waals surface area contributed by atoms with Crippen molar-refractivity contribution >= 4 is 12.0 Å². The lowest BCUT2D eigenvalue weighted by molar-refractivity contribution is -0.141. The molecule has 0 spiro atoms. The Balaban J connectivity index is 1.69. The van der Waals surface area contributed by atoms with E-state index >= 15 is 0 Å². The van der Waals surface area contributed by atoms with Crippen molar-refractivity contribution in [3.8, 4) is 0 Å². The molecule has 22 heavy (non-hydrogen) atoms. The molecular formula is C17H22N2O3. The number of hydrogen-bond acceptors (Lipinski definition) is 2. The van der Waals surface area contributed by atoms with Gasteiger partial charge in [-0.05, 0) is 43.2 Å². The molecule has 0 radical (unpaired) electrons.